The second-order valence-corrected chi connectivity index (χ2v) is 5.96. The van der Waals surface area contributed by atoms with Crippen molar-refractivity contribution in [3.05, 3.63) is 71.8 Å². The lowest BCUT2D eigenvalue weighted by molar-refractivity contribution is 0.0946. The lowest BCUT2D eigenvalue weighted by atomic mass is 10.1. The fourth-order valence-electron chi connectivity index (χ4n) is 2.46. The zero-order valence-electron chi connectivity index (χ0n) is 15.3. The van der Waals surface area contributed by atoms with E-state index < -0.39 is 0 Å². The molecule has 0 atom stereocenters. The molecule has 138 valence electrons. The van der Waals surface area contributed by atoms with Crippen molar-refractivity contribution in [1.29, 1.82) is 0 Å². The minimum absolute atomic E-state index is 0.182. The van der Waals surface area contributed by atoms with Gasteiger partial charge in [-0.25, -0.2) is 0 Å². The highest BCUT2D eigenvalue weighted by Crippen LogP contribution is 2.18. The van der Waals surface area contributed by atoms with Crippen LogP contribution in [0.15, 0.2) is 60.7 Å². The van der Waals surface area contributed by atoms with E-state index in [4.69, 9.17) is 9.47 Å². The van der Waals surface area contributed by atoms with E-state index in [1.54, 1.807) is 37.4 Å². The van der Waals surface area contributed by atoms with Crippen LogP contribution in [-0.2, 0) is 0 Å². The molecule has 1 N–H and O–H groups in total. The first kappa shape index (κ1) is 18.4. The highest BCUT2D eigenvalue weighted by molar-refractivity contribution is 5.94. The van der Waals surface area contributed by atoms with Gasteiger partial charge in [0.2, 0.25) is 5.88 Å². The number of rotatable bonds is 7. The Morgan fingerprint density at radius 2 is 1.85 bits per heavy atom. The third kappa shape index (κ3) is 5.04. The van der Waals surface area contributed by atoms with E-state index in [1.807, 2.05) is 37.3 Å². The molecule has 0 radical (unpaired) electrons. The molecule has 1 aromatic heterocycles. The van der Waals surface area contributed by atoms with Gasteiger partial charge in [0.25, 0.3) is 5.91 Å². The molecule has 0 aliphatic rings. The molecule has 6 nitrogen and oxygen atoms in total. The largest absolute Gasteiger partial charge is 0.497 e. The minimum Gasteiger partial charge on any atom is -0.497 e. The van der Waals surface area contributed by atoms with E-state index in [0.29, 0.717) is 30.3 Å². The number of amides is 1. The zero-order valence-corrected chi connectivity index (χ0v) is 15.3. The molecule has 27 heavy (non-hydrogen) atoms. The second-order valence-electron chi connectivity index (χ2n) is 5.96. The highest BCUT2D eigenvalue weighted by Gasteiger charge is 2.06. The molecule has 3 rings (SSSR count). The van der Waals surface area contributed by atoms with E-state index in [-0.39, 0.29) is 5.91 Å². The Labute approximate surface area is 158 Å². The van der Waals surface area contributed by atoms with Gasteiger partial charge in [0.05, 0.1) is 19.3 Å². The third-order valence-electron chi connectivity index (χ3n) is 3.96. The van der Waals surface area contributed by atoms with Gasteiger partial charge in [0.15, 0.2) is 0 Å². The van der Waals surface area contributed by atoms with Gasteiger partial charge in [0.1, 0.15) is 12.4 Å². The van der Waals surface area contributed by atoms with Gasteiger partial charge < -0.3 is 14.8 Å². The average Bonchev–Trinajstić information content (AvgIpc) is 2.72. The molecule has 2 aromatic carbocycles. The van der Waals surface area contributed by atoms with E-state index >= 15 is 0 Å². The van der Waals surface area contributed by atoms with Gasteiger partial charge in [-0.15, -0.1) is 10.2 Å². The first-order valence-electron chi connectivity index (χ1n) is 8.61. The van der Waals surface area contributed by atoms with Crippen LogP contribution in [0.1, 0.15) is 15.9 Å². The summed E-state index contributed by atoms with van der Waals surface area (Å²) >= 11 is 0. The zero-order chi connectivity index (χ0) is 19.1. The molecule has 6 heteroatoms. The number of methoxy groups -OCH3 is 1. The Balaban J connectivity index is 1.47. The summed E-state index contributed by atoms with van der Waals surface area (Å²) in [6, 6.07) is 18.7. The van der Waals surface area contributed by atoms with Gasteiger partial charge >= 0.3 is 0 Å². The molecule has 0 spiro atoms. The molecule has 0 aliphatic carbocycles. The SMILES string of the molecule is COc1cccc(C(=O)NCCOc2ccc(-c3ccc(C)cc3)nn2)c1. The lowest BCUT2D eigenvalue weighted by Crippen LogP contribution is -2.28. The number of hydrogen-bond donors (Lipinski definition) is 1. The molecular formula is C21H21N3O3. The fourth-order valence-corrected chi connectivity index (χ4v) is 2.46. The summed E-state index contributed by atoms with van der Waals surface area (Å²) in [5, 5.41) is 11.1. The van der Waals surface area contributed by atoms with Gasteiger partial charge in [-0.05, 0) is 31.2 Å². The van der Waals surface area contributed by atoms with Crippen LogP contribution in [0.3, 0.4) is 0 Å². The van der Waals surface area contributed by atoms with E-state index in [9.17, 15) is 4.79 Å². The first-order chi connectivity index (χ1) is 13.2. The molecule has 1 heterocycles. The lowest BCUT2D eigenvalue weighted by Gasteiger charge is -2.08. The predicted molar refractivity (Wildman–Crippen MR) is 103 cm³/mol. The van der Waals surface area contributed by atoms with Crippen molar-refractivity contribution in [1.82, 2.24) is 15.5 Å². The summed E-state index contributed by atoms with van der Waals surface area (Å²) in [6.45, 7) is 2.70. The van der Waals surface area contributed by atoms with Crippen molar-refractivity contribution < 1.29 is 14.3 Å². The Kier molecular flexibility index (Phi) is 5.99. The molecule has 0 saturated heterocycles. The number of carbonyl (C=O) groups is 1. The van der Waals surface area contributed by atoms with Gasteiger partial charge in [-0.2, -0.15) is 0 Å². The molecule has 1 amide bonds. The number of benzene rings is 2. The maximum Gasteiger partial charge on any atom is 0.251 e. The van der Waals surface area contributed by atoms with E-state index in [0.717, 1.165) is 11.3 Å². The normalized spacial score (nSPS) is 10.3. The summed E-state index contributed by atoms with van der Waals surface area (Å²) in [6.07, 6.45) is 0. The van der Waals surface area contributed by atoms with Crippen LogP contribution < -0.4 is 14.8 Å². The standard InChI is InChI=1S/C21H21N3O3/c1-15-6-8-16(9-7-15)19-10-11-20(24-23-19)27-13-12-22-21(25)17-4-3-5-18(14-17)26-2/h3-11,14H,12-13H2,1-2H3,(H,22,25). The Bertz CT molecular complexity index is 893. The summed E-state index contributed by atoms with van der Waals surface area (Å²) < 4.78 is 10.7. The predicted octanol–water partition coefficient (Wildman–Crippen LogP) is 3.27. The maximum atomic E-state index is 12.1. The molecule has 0 bridgehead atoms. The van der Waals surface area contributed by atoms with Crippen LogP contribution >= 0.6 is 0 Å². The number of ether oxygens (including phenoxy) is 2. The molecular weight excluding hydrogens is 342 g/mol. The van der Waals surface area contributed by atoms with E-state index in [1.165, 1.54) is 5.56 Å². The third-order valence-corrected chi connectivity index (χ3v) is 3.96. The number of nitrogens with zero attached hydrogens (tertiary/aromatic N) is 2. The topological polar surface area (TPSA) is 73.3 Å². The van der Waals surface area contributed by atoms with Crippen molar-refractivity contribution >= 4 is 5.91 Å². The molecule has 0 aliphatic heterocycles. The van der Waals surface area contributed by atoms with Gasteiger partial charge in [0, 0.05) is 17.2 Å². The number of aryl methyl sites for hydroxylation is 1. The Hall–Kier alpha value is -3.41. The van der Waals surface area contributed by atoms with Gasteiger partial charge in [-0.3, -0.25) is 4.79 Å². The number of carbonyl (C=O) groups excluding carboxylic acids is 1. The second kappa shape index (κ2) is 8.80. The van der Waals surface area contributed by atoms with Crippen molar-refractivity contribution in [3.63, 3.8) is 0 Å². The first-order valence-corrected chi connectivity index (χ1v) is 8.61. The van der Waals surface area contributed by atoms with Crippen LogP contribution in [0.25, 0.3) is 11.3 Å². The van der Waals surface area contributed by atoms with Crippen molar-refractivity contribution in [3.8, 4) is 22.9 Å². The minimum atomic E-state index is -0.182. The molecule has 0 unspecified atom stereocenters. The van der Waals surface area contributed by atoms with E-state index in [2.05, 4.69) is 15.5 Å². The van der Waals surface area contributed by atoms with Crippen LogP contribution in [-0.4, -0.2) is 36.4 Å². The smallest absolute Gasteiger partial charge is 0.251 e. The summed E-state index contributed by atoms with van der Waals surface area (Å²) in [4.78, 5) is 12.1. The molecule has 0 fully saturated rings. The molecule has 0 saturated carbocycles. The Morgan fingerprint density at radius 3 is 2.56 bits per heavy atom. The number of hydrogen-bond acceptors (Lipinski definition) is 5. The average molecular weight is 363 g/mol. The fraction of sp³-hybridized carbons (Fsp3) is 0.190. The summed E-state index contributed by atoms with van der Waals surface area (Å²) in [7, 11) is 1.57. The van der Waals surface area contributed by atoms with Crippen molar-refractivity contribution in [2.24, 2.45) is 0 Å². The quantitative estimate of drug-likeness (QED) is 0.652. The number of nitrogens with one attached hydrogen (secondary N) is 1. The van der Waals surface area contributed by atoms with Crippen LogP contribution in [0.2, 0.25) is 0 Å². The number of aromatic nitrogens is 2. The monoisotopic (exact) mass is 363 g/mol. The van der Waals surface area contributed by atoms with Crippen molar-refractivity contribution in [2.45, 2.75) is 6.92 Å². The maximum absolute atomic E-state index is 12.1. The van der Waals surface area contributed by atoms with Crippen LogP contribution in [0.4, 0.5) is 0 Å². The molecule has 3 aromatic rings. The Morgan fingerprint density at radius 1 is 1.04 bits per heavy atom. The summed E-state index contributed by atoms with van der Waals surface area (Å²) in [5.41, 5.74) is 3.53. The van der Waals surface area contributed by atoms with Crippen LogP contribution in [0, 0.1) is 6.92 Å². The van der Waals surface area contributed by atoms with Crippen LogP contribution in [0.5, 0.6) is 11.6 Å². The van der Waals surface area contributed by atoms with Crippen molar-refractivity contribution in [2.75, 3.05) is 20.3 Å². The summed E-state index contributed by atoms with van der Waals surface area (Å²) in [5.74, 6) is 0.877. The highest BCUT2D eigenvalue weighted by atomic mass is 16.5. The van der Waals surface area contributed by atoms with Gasteiger partial charge in [-0.1, -0.05) is 35.9 Å².